The van der Waals surface area contributed by atoms with Crippen LogP contribution in [0.25, 0.3) is 0 Å². The van der Waals surface area contributed by atoms with Gasteiger partial charge in [-0.15, -0.1) is 13.2 Å². The molecule has 1 atom stereocenters. The number of rotatable bonds is 4. The van der Waals surface area contributed by atoms with E-state index in [1.54, 1.807) is 35.9 Å². The molecule has 162 valence electrons. The van der Waals surface area contributed by atoms with Gasteiger partial charge in [-0.2, -0.15) is 0 Å². The molecule has 5 nitrogen and oxygen atoms in total. The number of carbonyl (C=O) groups is 1. The van der Waals surface area contributed by atoms with Crippen LogP contribution in [0.15, 0.2) is 48.7 Å². The SMILES string of the molecule is C[C@@]1(Cc2ccc(OC(F)(F)F)cc2)C(=O)N([13c]2[13cH][13c](Cl)[13cH][13c](Cl)[13cH]2)c2ncc(I)n21. The Labute approximate surface area is 198 Å². The predicted molar refractivity (Wildman–Crippen MR) is 119 cm³/mol. The molecule has 4 rings (SSSR count). The molecule has 11 heteroatoms. The summed E-state index contributed by atoms with van der Waals surface area (Å²) in [6.07, 6.45) is -2.90. The van der Waals surface area contributed by atoms with Crippen LogP contribution in [0.3, 0.4) is 0 Å². The van der Waals surface area contributed by atoms with Gasteiger partial charge >= 0.3 is 6.36 Å². The molecule has 0 N–H and O–H groups in total. The topological polar surface area (TPSA) is 47.4 Å². The zero-order valence-electron chi connectivity index (χ0n) is 15.8. The molecular formula is C20H13Cl2F3IN3O2. The lowest BCUT2D eigenvalue weighted by molar-refractivity contribution is -0.274. The summed E-state index contributed by atoms with van der Waals surface area (Å²) >= 11 is 14.3. The molecule has 3 aromatic rings. The normalized spacial score (nSPS) is 18.4. The van der Waals surface area contributed by atoms with E-state index in [0.29, 0.717) is 27.2 Å². The molecule has 2 aromatic carbocycles. The van der Waals surface area contributed by atoms with Crippen molar-refractivity contribution < 1.29 is 22.7 Å². The highest BCUT2D eigenvalue weighted by Gasteiger charge is 2.50. The van der Waals surface area contributed by atoms with Crippen molar-refractivity contribution in [3.8, 4) is 5.75 Å². The van der Waals surface area contributed by atoms with Gasteiger partial charge < -0.3 is 4.74 Å². The fourth-order valence-corrected chi connectivity index (χ4v) is 5.03. The first-order valence-electron chi connectivity index (χ1n) is 8.87. The number of benzene rings is 2. The van der Waals surface area contributed by atoms with Crippen molar-refractivity contribution in [1.29, 1.82) is 0 Å². The minimum absolute atomic E-state index is 0.224. The van der Waals surface area contributed by atoms with Crippen molar-refractivity contribution in [2.75, 3.05) is 4.90 Å². The summed E-state index contributed by atoms with van der Waals surface area (Å²) in [6.45, 7) is 1.76. The largest absolute Gasteiger partial charge is 0.573 e. The van der Waals surface area contributed by atoms with Crippen molar-refractivity contribution in [3.05, 3.63) is 68.0 Å². The lowest BCUT2D eigenvalue weighted by atomic mass is 9.92. The van der Waals surface area contributed by atoms with Gasteiger partial charge in [0, 0.05) is 16.5 Å². The van der Waals surface area contributed by atoms with E-state index in [2.05, 4.69) is 32.3 Å². The Kier molecular flexibility index (Phi) is 5.63. The van der Waals surface area contributed by atoms with Gasteiger partial charge in [0.2, 0.25) is 5.95 Å². The Morgan fingerprint density at radius 3 is 2.32 bits per heavy atom. The molecule has 0 saturated carbocycles. The third kappa shape index (κ3) is 4.22. The number of alkyl halides is 3. The molecule has 2 heterocycles. The quantitative estimate of drug-likeness (QED) is 0.335. The first-order chi connectivity index (χ1) is 14.5. The van der Waals surface area contributed by atoms with E-state index >= 15 is 0 Å². The maximum Gasteiger partial charge on any atom is 0.573 e. The van der Waals surface area contributed by atoms with E-state index in [4.69, 9.17) is 23.2 Å². The maximum atomic E-state index is 13.6. The van der Waals surface area contributed by atoms with E-state index in [1.807, 2.05) is 0 Å². The van der Waals surface area contributed by atoms with Crippen LogP contribution in [0, 0.1) is 3.70 Å². The summed E-state index contributed by atoms with van der Waals surface area (Å²) in [5.41, 5.74) is 0.0685. The molecule has 0 spiro atoms. The van der Waals surface area contributed by atoms with E-state index in [1.165, 1.54) is 29.2 Å². The van der Waals surface area contributed by atoms with Gasteiger partial charge in [0.25, 0.3) is 5.91 Å². The number of hydrogen-bond donors (Lipinski definition) is 0. The standard InChI is InChI=1S/C20H13Cl2F3IN3O2/c1-19(9-11-2-4-15(5-3-11)31-20(23,24)25)17(30)28(18-27-10-16(26)29(18)19)14-7-12(21)6-13(22)8-14/h2-8,10H,9H2,1H3/t19-/m1/s1/i6+1,7+1,8+1,12+1,13+1,14+1. The highest BCUT2D eigenvalue weighted by Crippen LogP contribution is 2.43. The second-order valence-electron chi connectivity index (χ2n) is 7.13. The number of imidazole rings is 1. The zero-order chi connectivity index (χ0) is 22.6. The Bertz CT molecular complexity index is 1150. The summed E-state index contributed by atoms with van der Waals surface area (Å²) in [5, 5.41) is 0.744. The lowest BCUT2D eigenvalue weighted by Crippen LogP contribution is -2.41. The van der Waals surface area contributed by atoms with Crippen LogP contribution in [0.1, 0.15) is 12.5 Å². The summed E-state index contributed by atoms with van der Waals surface area (Å²) in [5.74, 6) is -0.179. The van der Waals surface area contributed by atoms with Crippen LogP contribution in [0.2, 0.25) is 10.0 Å². The van der Waals surface area contributed by atoms with Gasteiger partial charge in [-0.3, -0.25) is 9.36 Å². The van der Waals surface area contributed by atoms with E-state index in [-0.39, 0.29) is 18.1 Å². The van der Waals surface area contributed by atoms with Crippen molar-refractivity contribution in [2.24, 2.45) is 0 Å². The van der Waals surface area contributed by atoms with E-state index in [0.717, 1.165) is 3.70 Å². The fraction of sp³-hybridized carbons (Fsp3) is 0.200. The molecule has 0 radical (unpaired) electrons. The second-order valence-corrected chi connectivity index (χ2v) is 9.11. The molecule has 0 unspecified atom stereocenters. The third-order valence-corrected chi connectivity index (χ3v) is 6.07. The number of anilines is 2. The van der Waals surface area contributed by atoms with Crippen LogP contribution in [0.5, 0.6) is 5.75 Å². The second kappa shape index (κ2) is 7.86. The summed E-state index contributed by atoms with van der Waals surface area (Å²) in [6, 6.07) is 10.2. The number of ether oxygens (including phenoxy) is 1. The van der Waals surface area contributed by atoms with Gasteiger partial charge in [0.05, 0.1) is 11.9 Å². The van der Waals surface area contributed by atoms with Crippen molar-refractivity contribution in [2.45, 2.75) is 25.2 Å². The Hall–Kier alpha value is -1.98. The first-order valence-corrected chi connectivity index (χ1v) is 10.7. The van der Waals surface area contributed by atoms with Crippen molar-refractivity contribution >= 4 is 63.3 Å². The number of aromatic nitrogens is 2. The predicted octanol–water partition coefficient (Wildman–Crippen LogP) is 6.33. The van der Waals surface area contributed by atoms with Crippen LogP contribution in [0.4, 0.5) is 24.8 Å². The van der Waals surface area contributed by atoms with E-state index < -0.39 is 11.9 Å². The number of halogens is 6. The number of hydrogen-bond acceptors (Lipinski definition) is 3. The highest BCUT2D eigenvalue weighted by atomic mass is 127. The van der Waals surface area contributed by atoms with E-state index in [9.17, 15) is 18.0 Å². The Morgan fingerprint density at radius 1 is 1.13 bits per heavy atom. The monoisotopic (exact) mass is 587 g/mol. The van der Waals surface area contributed by atoms with Crippen LogP contribution in [-0.2, 0) is 16.8 Å². The number of amides is 1. The lowest BCUT2D eigenvalue weighted by Gasteiger charge is -2.26. The minimum Gasteiger partial charge on any atom is -0.406 e. The number of fused-ring (bicyclic) bond motifs is 1. The molecule has 0 bridgehead atoms. The van der Waals surface area contributed by atoms with Gasteiger partial charge in [-0.1, -0.05) is 35.3 Å². The third-order valence-electron chi connectivity index (χ3n) is 4.87. The van der Waals surface area contributed by atoms with Crippen molar-refractivity contribution in [3.63, 3.8) is 0 Å². The maximum absolute atomic E-state index is 13.6. The van der Waals surface area contributed by atoms with Gasteiger partial charge in [0.15, 0.2) is 0 Å². The van der Waals surface area contributed by atoms with Crippen molar-refractivity contribution in [1.82, 2.24) is 9.55 Å². The van der Waals surface area contributed by atoms with Gasteiger partial charge in [-0.25, -0.2) is 9.88 Å². The molecule has 0 fully saturated rings. The molecule has 1 aliphatic heterocycles. The molecule has 31 heavy (non-hydrogen) atoms. The number of nitrogens with zero attached hydrogens (tertiary/aromatic N) is 3. The number of carbonyl (C=O) groups excluding carboxylic acids is 1. The average Bonchev–Trinajstić information content (AvgIpc) is 3.12. The molecule has 0 aliphatic carbocycles. The molecule has 0 saturated heterocycles. The van der Waals surface area contributed by atoms with Gasteiger partial charge in [-0.05, 0) is 65.4 Å². The Balaban J connectivity index is 1.71. The fourth-order valence-electron chi connectivity index (χ4n) is 3.63. The summed E-state index contributed by atoms with van der Waals surface area (Å²) < 4.78 is 43.7. The highest BCUT2D eigenvalue weighted by molar-refractivity contribution is 14.1. The smallest absolute Gasteiger partial charge is 0.406 e. The van der Waals surface area contributed by atoms with Gasteiger partial charge in [0.1, 0.15) is 15.0 Å². The average molecular weight is 588 g/mol. The molecular weight excluding hydrogens is 575 g/mol. The molecule has 1 amide bonds. The van der Waals surface area contributed by atoms with Crippen LogP contribution >= 0.6 is 45.8 Å². The van der Waals surface area contributed by atoms with Crippen LogP contribution in [-0.4, -0.2) is 21.8 Å². The zero-order valence-corrected chi connectivity index (χ0v) is 19.4. The van der Waals surface area contributed by atoms with Crippen LogP contribution < -0.4 is 9.64 Å². The molecule has 1 aromatic heterocycles. The molecule has 1 aliphatic rings. The first kappa shape index (κ1) is 22.2. The Morgan fingerprint density at radius 2 is 1.74 bits per heavy atom. The summed E-state index contributed by atoms with van der Waals surface area (Å²) in [7, 11) is 0. The minimum atomic E-state index is -4.77. The summed E-state index contributed by atoms with van der Waals surface area (Å²) in [4.78, 5) is 19.4.